The highest BCUT2D eigenvalue weighted by Crippen LogP contribution is 2.38. The van der Waals surface area contributed by atoms with E-state index < -0.39 is 0 Å². The van der Waals surface area contributed by atoms with Crippen molar-refractivity contribution in [3.8, 4) is 0 Å². The van der Waals surface area contributed by atoms with Crippen molar-refractivity contribution < 1.29 is 4.74 Å². The van der Waals surface area contributed by atoms with Crippen LogP contribution in [0.3, 0.4) is 0 Å². The Hall–Kier alpha value is -0.420. The first-order valence-electron chi connectivity index (χ1n) is 7.52. The van der Waals surface area contributed by atoms with Crippen LogP contribution in [0.4, 0.5) is 0 Å². The molecule has 1 aromatic heterocycles. The van der Waals surface area contributed by atoms with Crippen molar-refractivity contribution in [1.29, 1.82) is 0 Å². The first kappa shape index (κ1) is 16.0. The van der Waals surface area contributed by atoms with Gasteiger partial charge in [0.25, 0.3) is 0 Å². The number of hydrogen-bond donors (Lipinski definition) is 1. The summed E-state index contributed by atoms with van der Waals surface area (Å²) in [4.78, 5) is 4.00. The molecule has 1 unspecified atom stereocenters. The third-order valence-corrected chi connectivity index (χ3v) is 5.20. The molecule has 2 rings (SSSR count). The highest BCUT2D eigenvalue weighted by molar-refractivity contribution is 7.09. The molecule has 1 aliphatic rings. The molecule has 1 aromatic rings. The average Bonchev–Trinajstić information content (AvgIpc) is 2.87. The predicted octanol–water partition coefficient (Wildman–Crippen LogP) is 3.25. The molecule has 0 saturated carbocycles. The fourth-order valence-electron chi connectivity index (χ4n) is 3.45. The molecule has 1 atom stereocenters. The first-order chi connectivity index (χ1) is 9.38. The average molecular weight is 296 g/mol. The van der Waals surface area contributed by atoms with E-state index in [4.69, 9.17) is 10.5 Å². The summed E-state index contributed by atoms with van der Waals surface area (Å²) in [7, 11) is 0. The lowest BCUT2D eigenvalue weighted by Gasteiger charge is -2.52. The second kappa shape index (κ2) is 6.14. The molecule has 2 N–H and O–H groups in total. The number of nitrogens with zero attached hydrogens (tertiary/aromatic N) is 1. The van der Waals surface area contributed by atoms with Crippen molar-refractivity contribution >= 4 is 11.3 Å². The van der Waals surface area contributed by atoms with Crippen LogP contribution in [0.5, 0.6) is 0 Å². The summed E-state index contributed by atoms with van der Waals surface area (Å²) in [6, 6.07) is 4.82. The molecular weight excluding hydrogens is 268 g/mol. The molecule has 0 aliphatic carbocycles. The maximum Gasteiger partial charge on any atom is 0.0644 e. The molecule has 4 heteroatoms. The molecule has 0 spiro atoms. The molecule has 0 amide bonds. The third kappa shape index (κ3) is 3.42. The van der Waals surface area contributed by atoms with Crippen molar-refractivity contribution in [1.82, 2.24) is 4.90 Å². The van der Waals surface area contributed by atoms with Crippen LogP contribution < -0.4 is 5.73 Å². The van der Waals surface area contributed by atoms with Crippen molar-refractivity contribution in [3.05, 3.63) is 22.4 Å². The van der Waals surface area contributed by atoms with Crippen LogP contribution in [0.2, 0.25) is 0 Å². The summed E-state index contributed by atoms with van der Waals surface area (Å²) >= 11 is 1.83. The lowest BCUT2D eigenvalue weighted by atomic mass is 9.79. The summed E-state index contributed by atoms with van der Waals surface area (Å²) in [6.45, 7) is 11.4. The summed E-state index contributed by atoms with van der Waals surface area (Å²) in [5, 5.41) is 2.15. The Bertz CT molecular complexity index is 416. The number of nitrogens with two attached hydrogens (primary N) is 1. The van der Waals surface area contributed by atoms with Gasteiger partial charge in [0.05, 0.1) is 5.60 Å². The minimum atomic E-state index is -0.0831. The van der Waals surface area contributed by atoms with Gasteiger partial charge in [-0.3, -0.25) is 4.90 Å². The first-order valence-corrected chi connectivity index (χ1v) is 8.40. The molecule has 0 bridgehead atoms. The highest BCUT2D eigenvalue weighted by atomic mass is 32.1. The van der Waals surface area contributed by atoms with E-state index in [2.05, 4.69) is 50.1 Å². The van der Waals surface area contributed by atoms with Crippen LogP contribution in [-0.4, -0.2) is 35.2 Å². The van der Waals surface area contributed by atoms with Crippen LogP contribution in [-0.2, 0) is 11.3 Å². The van der Waals surface area contributed by atoms with E-state index >= 15 is 0 Å². The molecule has 3 nitrogen and oxygen atoms in total. The fraction of sp³-hybridized carbons (Fsp3) is 0.750. The van der Waals surface area contributed by atoms with E-state index in [0.717, 1.165) is 26.0 Å². The van der Waals surface area contributed by atoms with E-state index in [9.17, 15) is 0 Å². The Morgan fingerprint density at radius 2 is 2.20 bits per heavy atom. The van der Waals surface area contributed by atoms with Gasteiger partial charge in [0, 0.05) is 36.2 Å². The van der Waals surface area contributed by atoms with Crippen molar-refractivity contribution in [2.45, 2.75) is 64.3 Å². The van der Waals surface area contributed by atoms with Gasteiger partial charge in [-0.05, 0) is 52.0 Å². The zero-order valence-corrected chi connectivity index (χ0v) is 14.0. The number of ether oxygens (including phenoxy) is 1. The SMILES string of the molecule is CC(C)N(Cc1cccs1)C1(CN)CCOC(C)(C)C1. The minimum Gasteiger partial charge on any atom is -0.375 e. The van der Waals surface area contributed by atoms with Gasteiger partial charge < -0.3 is 10.5 Å². The predicted molar refractivity (Wildman–Crippen MR) is 86.0 cm³/mol. The molecule has 20 heavy (non-hydrogen) atoms. The van der Waals surface area contributed by atoms with Crippen LogP contribution in [0, 0.1) is 0 Å². The van der Waals surface area contributed by atoms with Gasteiger partial charge >= 0.3 is 0 Å². The summed E-state index contributed by atoms with van der Waals surface area (Å²) in [6.07, 6.45) is 2.02. The van der Waals surface area contributed by atoms with Gasteiger partial charge in [0.2, 0.25) is 0 Å². The van der Waals surface area contributed by atoms with E-state index in [1.165, 1.54) is 4.88 Å². The zero-order chi connectivity index (χ0) is 14.8. The van der Waals surface area contributed by atoms with Crippen molar-refractivity contribution in [2.75, 3.05) is 13.2 Å². The van der Waals surface area contributed by atoms with Crippen molar-refractivity contribution in [3.63, 3.8) is 0 Å². The van der Waals surface area contributed by atoms with E-state index in [1.807, 2.05) is 11.3 Å². The monoisotopic (exact) mass is 296 g/mol. The number of hydrogen-bond acceptors (Lipinski definition) is 4. The van der Waals surface area contributed by atoms with Gasteiger partial charge in [-0.15, -0.1) is 11.3 Å². The van der Waals surface area contributed by atoms with Gasteiger partial charge in [0.15, 0.2) is 0 Å². The molecule has 1 saturated heterocycles. The Labute approximate surface area is 127 Å². The molecule has 0 aromatic carbocycles. The molecule has 114 valence electrons. The molecular formula is C16H28N2OS. The topological polar surface area (TPSA) is 38.5 Å². The van der Waals surface area contributed by atoms with Gasteiger partial charge in [0.1, 0.15) is 0 Å². The normalized spacial score (nSPS) is 26.4. The Kier molecular flexibility index (Phi) is 4.90. The Morgan fingerprint density at radius 3 is 2.70 bits per heavy atom. The lowest BCUT2D eigenvalue weighted by Crippen LogP contribution is -2.62. The fourth-order valence-corrected chi connectivity index (χ4v) is 4.16. The summed E-state index contributed by atoms with van der Waals surface area (Å²) < 4.78 is 5.91. The maximum atomic E-state index is 6.23. The number of rotatable bonds is 5. The Morgan fingerprint density at radius 1 is 1.45 bits per heavy atom. The van der Waals surface area contributed by atoms with Gasteiger partial charge in [-0.2, -0.15) is 0 Å². The van der Waals surface area contributed by atoms with E-state index in [-0.39, 0.29) is 11.1 Å². The number of thiophene rings is 1. The second-order valence-corrected chi connectivity index (χ2v) is 7.80. The van der Waals surface area contributed by atoms with Crippen LogP contribution in [0.15, 0.2) is 17.5 Å². The second-order valence-electron chi connectivity index (χ2n) is 6.76. The lowest BCUT2D eigenvalue weighted by molar-refractivity contribution is -0.126. The van der Waals surface area contributed by atoms with Crippen molar-refractivity contribution in [2.24, 2.45) is 5.73 Å². The summed E-state index contributed by atoms with van der Waals surface area (Å²) in [5.41, 5.74) is 6.21. The van der Waals surface area contributed by atoms with Crippen LogP contribution in [0.25, 0.3) is 0 Å². The van der Waals surface area contributed by atoms with Gasteiger partial charge in [-0.1, -0.05) is 6.07 Å². The highest BCUT2D eigenvalue weighted by Gasteiger charge is 2.44. The van der Waals surface area contributed by atoms with E-state index in [0.29, 0.717) is 12.6 Å². The molecule has 2 heterocycles. The summed E-state index contributed by atoms with van der Waals surface area (Å²) in [5.74, 6) is 0. The quantitative estimate of drug-likeness (QED) is 0.906. The smallest absolute Gasteiger partial charge is 0.0644 e. The van der Waals surface area contributed by atoms with Crippen LogP contribution in [0.1, 0.15) is 45.4 Å². The van der Waals surface area contributed by atoms with Crippen LogP contribution >= 0.6 is 11.3 Å². The third-order valence-electron chi connectivity index (χ3n) is 4.33. The minimum absolute atomic E-state index is 0.0555. The maximum absolute atomic E-state index is 6.23. The molecule has 1 fully saturated rings. The van der Waals surface area contributed by atoms with Gasteiger partial charge in [-0.25, -0.2) is 0 Å². The molecule has 1 aliphatic heterocycles. The standard InChI is InChI=1S/C16H28N2OS/c1-13(2)18(10-14-6-5-9-20-14)16(12-17)7-8-19-15(3,4)11-16/h5-6,9,13H,7-8,10-12,17H2,1-4H3. The zero-order valence-electron chi connectivity index (χ0n) is 13.2. The molecule has 0 radical (unpaired) electrons. The largest absolute Gasteiger partial charge is 0.375 e. The van der Waals surface area contributed by atoms with E-state index in [1.54, 1.807) is 0 Å². The Balaban J connectivity index is 2.24.